The van der Waals surface area contributed by atoms with Crippen molar-refractivity contribution in [3.05, 3.63) is 11.1 Å². The van der Waals surface area contributed by atoms with E-state index in [1.165, 1.54) is 12.7 Å². The zero-order chi connectivity index (χ0) is 10.6. The molecule has 3 nitrogen and oxygen atoms in total. The molecule has 0 saturated carbocycles. The van der Waals surface area contributed by atoms with Crippen molar-refractivity contribution < 1.29 is 9.53 Å². The minimum atomic E-state index is -0.151. The maximum Gasteiger partial charge on any atom is 0.333 e. The van der Waals surface area contributed by atoms with Crippen molar-refractivity contribution in [3.63, 3.8) is 0 Å². The maximum atomic E-state index is 11.5. The second-order valence-electron chi connectivity index (χ2n) is 4.10. The van der Waals surface area contributed by atoms with E-state index >= 15 is 0 Å². The Morgan fingerprint density at radius 3 is 2.86 bits per heavy atom. The molecular formula is C11H19NO2. The van der Waals surface area contributed by atoms with Crippen LogP contribution in [-0.2, 0) is 9.53 Å². The molecule has 0 aromatic rings. The summed E-state index contributed by atoms with van der Waals surface area (Å²) in [6.45, 7) is 6.04. The minimum absolute atomic E-state index is 0.151. The average molecular weight is 197 g/mol. The first kappa shape index (κ1) is 11.2. The summed E-state index contributed by atoms with van der Waals surface area (Å²) in [6, 6.07) is 0. The van der Waals surface area contributed by atoms with Crippen molar-refractivity contribution in [3.8, 4) is 0 Å². The second-order valence-corrected chi connectivity index (χ2v) is 4.10. The Kier molecular flexibility index (Phi) is 4.14. The monoisotopic (exact) mass is 197 g/mol. The van der Waals surface area contributed by atoms with Crippen LogP contribution in [-0.4, -0.2) is 26.2 Å². The third kappa shape index (κ3) is 2.84. The number of hydrogen-bond acceptors (Lipinski definition) is 3. The molecule has 0 unspecified atom stereocenters. The minimum Gasteiger partial charge on any atom is -0.466 e. The van der Waals surface area contributed by atoms with E-state index in [0.29, 0.717) is 5.92 Å². The van der Waals surface area contributed by atoms with Crippen LogP contribution < -0.4 is 5.32 Å². The van der Waals surface area contributed by atoms with Crippen LogP contribution in [0.25, 0.3) is 0 Å². The number of ether oxygens (including phenoxy) is 1. The lowest BCUT2D eigenvalue weighted by atomic mass is 9.94. The van der Waals surface area contributed by atoms with Crippen LogP contribution in [0.15, 0.2) is 11.1 Å². The Bertz CT molecular complexity index is 244. The normalized spacial score (nSPS) is 17.4. The summed E-state index contributed by atoms with van der Waals surface area (Å²) in [7, 11) is 1.45. The van der Waals surface area contributed by atoms with Gasteiger partial charge in [0.1, 0.15) is 0 Å². The highest BCUT2D eigenvalue weighted by Crippen LogP contribution is 2.20. The molecule has 0 radical (unpaired) electrons. The summed E-state index contributed by atoms with van der Waals surface area (Å²) in [4.78, 5) is 11.5. The fourth-order valence-electron chi connectivity index (χ4n) is 1.79. The third-order valence-electron chi connectivity index (χ3n) is 2.40. The Labute approximate surface area is 85.5 Å². The number of hydrogen-bond donors (Lipinski definition) is 1. The number of carbonyl (C=O) groups is 1. The molecule has 0 atom stereocenters. The summed E-state index contributed by atoms with van der Waals surface area (Å²) in [6.07, 6.45) is 1.78. The van der Waals surface area contributed by atoms with Crippen molar-refractivity contribution in [2.75, 3.05) is 20.2 Å². The molecule has 3 heteroatoms. The van der Waals surface area contributed by atoms with Crippen LogP contribution >= 0.6 is 0 Å². The van der Waals surface area contributed by atoms with Gasteiger partial charge >= 0.3 is 5.97 Å². The zero-order valence-corrected chi connectivity index (χ0v) is 9.22. The number of rotatable bonds is 3. The lowest BCUT2D eigenvalue weighted by Gasteiger charge is -2.21. The van der Waals surface area contributed by atoms with E-state index in [4.69, 9.17) is 4.74 Å². The van der Waals surface area contributed by atoms with E-state index < -0.39 is 0 Å². The van der Waals surface area contributed by atoms with Gasteiger partial charge in [-0.3, -0.25) is 0 Å². The molecule has 0 aliphatic carbocycles. The van der Waals surface area contributed by atoms with Gasteiger partial charge in [-0.25, -0.2) is 4.79 Å². The third-order valence-corrected chi connectivity index (χ3v) is 2.40. The topological polar surface area (TPSA) is 38.3 Å². The highest BCUT2D eigenvalue weighted by molar-refractivity contribution is 5.89. The number of carbonyl (C=O) groups excluding carboxylic acids is 1. The first-order chi connectivity index (χ1) is 6.65. The SMILES string of the molecule is COC(=O)C1=C(CC(C)C)CNCC1. The number of nitrogens with one attached hydrogen (secondary N) is 1. The molecular weight excluding hydrogens is 178 g/mol. The van der Waals surface area contributed by atoms with Gasteiger partial charge < -0.3 is 10.1 Å². The Morgan fingerprint density at radius 1 is 1.57 bits per heavy atom. The molecule has 1 rings (SSSR count). The summed E-state index contributed by atoms with van der Waals surface area (Å²) in [5.74, 6) is 0.437. The second kappa shape index (κ2) is 5.15. The molecule has 1 N–H and O–H groups in total. The van der Waals surface area contributed by atoms with Crippen molar-refractivity contribution in [2.24, 2.45) is 5.92 Å². The Hall–Kier alpha value is -0.830. The van der Waals surface area contributed by atoms with E-state index in [0.717, 1.165) is 31.5 Å². The van der Waals surface area contributed by atoms with Gasteiger partial charge in [0, 0.05) is 12.1 Å². The molecule has 1 aliphatic heterocycles. The van der Waals surface area contributed by atoms with Crippen molar-refractivity contribution in [1.82, 2.24) is 5.32 Å². The number of methoxy groups -OCH3 is 1. The summed E-state index contributed by atoms with van der Waals surface area (Å²) >= 11 is 0. The molecule has 0 fully saturated rings. The molecule has 80 valence electrons. The molecule has 0 bridgehead atoms. The van der Waals surface area contributed by atoms with Crippen LogP contribution in [0.4, 0.5) is 0 Å². The summed E-state index contributed by atoms with van der Waals surface area (Å²) in [5, 5.41) is 3.28. The lowest BCUT2D eigenvalue weighted by Crippen LogP contribution is -2.28. The summed E-state index contributed by atoms with van der Waals surface area (Å²) in [5.41, 5.74) is 2.11. The lowest BCUT2D eigenvalue weighted by molar-refractivity contribution is -0.136. The summed E-state index contributed by atoms with van der Waals surface area (Å²) < 4.78 is 4.78. The van der Waals surface area contributed by atoms with Crippen LogP contribution in [0.1, 0.15) is 26.7 Å². The van der Waals surface area contributed by atoms with Gasteiger partial charge in [-0.2, -0.15) is 0 Å². The highest BCUT2D eigenvalue weighted by Gasteiger charge is 2.19. The predicted molar refractivity (Wildman–Crippen MR) is 56.0 cm³/mol. The molecule has 0 amide bonds. The van der Waals surface area contributed by atoms with Gasteiger partial charge in [0.05, 0.1) is 7.11 Å². The highest BCUT2D eigenvalue weighted by atomic mass is 16.5. The van der Waals surface area contributed by atoms with Crippen molar-refractivity contribution in [1.29, 1.82) is 0 Å². The van der Waals surface area contributed by atoms with Crippen molar-refractivity contribution in [2.45, 2.75) is 26.7 Å². The van der Waals surface area contributed by atoms with E-state index in [1.807, 2.05) is 0 Å². The van der Waals surface area contributed by atoms with E-state index in [9.17, 15) is 4.79 Å². The van der Waals surface area contributed by atoms with Crippen LogP contribution in [0.2, 0.25) is 0 Å². The van der Waals surface area contributed by atoms with Crippen LogP contribution in [0.3, 0.4) is 0 Å². The molecule has 1 heterocycles. The largest absolute Gasteiger partial charge is 0.466 e. The Morgan fingerprint density at radius 2 is 2.29 bits per heavy atom. The molecule has 0 aromatic carbocycles. The molecule has 0 aromatic heterocycles. The first-order valence-electron chi connectivity index (χ1n) is 5.15. The smallest absolute Gasteiger partial charge is 0.333 e. The van der Waals surface area contributed by atoms with Gasteiger partial charge in [-0.15, -0.1) is 0 Å². The van der Waals surface area contributed by atoms with Gasteiger partial charge in [0.15, 0.2) is 0 Å². The molecule has 0 saturated heterocycles. The van der Waals surface area contributed by atoms with E-state index in [1.54, 1.807) is 0 Å². The maximum absolute atomic E-state index is 11.5. The van der Waals surface area contributed by atoms with Gasteiger partial charge in [0.2, 0.25) is 0 Å². The van der Waals surface area contributed by atoms with Gasteiger partial charge in [-0.1, -0.05) is 13.8 Å². The fraction of sp³-hybridized carbons (Fsp3) is 0.727. The quantitative estimate of drug-likeness (QED) is 0.697. The van der Waals surface area contributed by atoms with Crippen molar-refractivity contribution >= 4 is 5.97 Å². The standard InChI is InChI=1S/C11H19NO2/c1-8(2)6-9-7-12-5-4-10(9)11(13)14-3/h8,12H,4-7H2,1-3H3. The van der Waals surface area contributed by atoms with Crippen LogP contribution in [0, 0.1) is 5.92 Å². The predicted octanol–water partition coefficient (Wildman–Crippen LogP) is 1.50. The average Bonchev–Trinajstić information content (AvgIpc) is 2.16. The molecule has 14 heavy (non-hydrogen) atoms. The van der Waals surface area contributed by atoms with E-state index in [-0.39, 0.29) is 5.97 Å². The number of esters is 1. The van der Waals surface area contributed by atoms with Gasteiger partial charge in [0.25, 0.3) is 0 Å². The zero-order valence-electron chi connectivity index (χ0n) is 9.22. The first-order valence-corrected chi connectivity index (χ1v) is 5.15. The van der Waals surface area contributed by atoms with E-state index in [2.05, 4.69) is 19.2 Å². The molecule has 0 spiro atoms. The Balaban J connectivity index is 2.79. The molecule has 1 aliphatic rings. The fourth-order valence-corrected chi connectivity index (χ4v) is 1.79. The van der Waals surface area contributed by atoms with Crippen LogP contribution in [0.5, 0.6) is 0 Å². The van der Waals surface area contributed by atoms with Gasteiger partial charge in [-0.05, 0) is 30.9 Å².